The average Bonchev–Trinajstić information content (AvgIpc) is 2.96. The lowest BCUT2D eigenvalue weighted by Gasteiger charge is -2.16. The minimum Gasteiger partial charge on any atom is -0.373 e. The topological polar surface area (TPSA) is 130 Å². The van der Waals surface area contributed by atoms with E-state index >= 15 is 0 Å². The van der Waals surface area contributed by atoms with Crippen molar-refractivity contribution in [3.63, 3.8) is 0 Å². The fourth-order valence-electron chi connectivity index (χ4n) is 3.99. The largest absolute Gasteiger partial charge is 0.373 e. The molecule has 2 N–H and O–H groups in total. The molecule has 9 nitrogen and oxygen atoms in total. The maximum absolute atomic E-state index is 13.0. The van der Waals surface area contributed by atoms with Crippen molar-refractivity contribution in [3.05, 3.63) is 94.3 Å². The van der Waals surface area contributed by atoms with Crippen LogP contribution in [0, 0.1) is 18.3 Å². The van der Waals surface area contributed by atoms with Gasteiger partial charge in [0, 0.05) is 49.5 Å². The number of nitrogens with zero attached hydrogens (tertiary/aromatic N) is 4. The van der Waals surface area contributed by atoms with Crippen LogP contribution in [0.5, 0.6) is 0 Å². The summed E-state index contributed by atoms with van der Waals surface area (Å²) in [5, 5.41) is 15.4. The molecular formula is C31H32N6O3. The standard InChI is InChI=1S/C29H28N6O2.C2H4O/c1-18-6-7-22(34-27(36)20-9-10-32-25(13-20)29(2,3)17-30)15-23(18)21-12-24(28(37)35(5)16-21)19-8-11-33-26(14-19)31-4;1-2-3/h6-16H,1-5H3,(H,31,33)(H,34,36);2H,1H3. The Hall–Kier alpha value is -5.10. The van der Waals surface area contributed by atoms with Gasteiger partial charge in [-0.2, -0.15) is 5.26 Å². The number of benzene rings is 1. The van der Waals surface area contributed by atoms with Crippen molar-refractivity contribution < 1.29 is 9.59 Å². The Morgan fingerprint density at radius 3 is 2.40 bits per heavy atom. The Balaban J connectivity index is 0.00000141. The molecule has 0 aliphatic heterocycles. The monoisotopic (exact) mass is 536 g/mol. The summed E-state index contributed by atoms with van der Waals surface area (Å²) in [6, 6.07) is 16.6. The van der Waals surface area contributed by atoms with E-state index in [-0.39, 0.29) is 11.5 Å². The summed E-state index contributed by atoms with van der Waals surface area (Å²) in [4.78, 5) is 43.3. The minimum atomic E-state index is -0.808. The molecule has 0 aliphatic rings. The van der Waals surface area contributed by atoms with Crippen molar-refractivity contribution in [2.45, 2.75) is 33.1 Å². The molecule has 1 amide bonds. The van der Waals surface area contributed by atoms with Crippen molar-refractivity contribution >= 4 is 23.7 Å². The molecule has 0 unspecified atom stereocenters. The first kappa shape index (κ1) is 29.5. The number of nitriles is 1. The van der Waals surface area contributed by atoms with Crippen molar-refractivity contribution in [3.8, 4) is 28.3 Å². The number of aryl methyl sites for hydroxylation is 2. The normalized spacial score (nSPS) is 10.5. The number of hydrogen-bond acceptors (Lipinski definition) is 7. The second-order valence-electron chi connectivity index (χ2n) is 9.62. The molecule has 0 radical (unpaired) electrons. The number of carbonyl (C=O) groups is 2. The highest BCUT2D eigenvalue weighted by molar-refractivity contribution is 6.04. The molecule has 9 heteroatoms. The lowest BCUT2D eigenvalue weighted by atomic mass is 9.90. The molecular weight excluding hydrogens is 504 g/mol. The van der Waals surface area contributed by atoms with Crippen LogP contribution in [0.2, 0.25) is 0 Å². The third-order valence-electron chi connectivity index (χ3n) is 6.26. The second-order valence-corrected chi connectivity index (χ2v) is 9.62. The molecule has 0 spiro atoms. The SMILES string of the molecule is CC=O.CNc1cc(-c2cc(-c3cc(NC(=O)c4ccnc(C(C)(C)C#N)c4)ccc3C)cn(C)c2=O)ccn1. The molecule has 3 heterocycles. The van der Waals surface area contributed by atoms with Gasteiger partial charge in [0.25, 0.3) is 11.5 Å². The summed E-state index contributed by atoms with van der Waals surface area (Å²) in [5.74, 6) is 0.369. The quantitative estimate of drug-likeness (QED) is 0.327. The predicted molar refractivity (Wildman–Crippen MR) is 157 cm³/mol. The average molecular weight is 537 g/mol. The summed E-state index contributed by atoms with van der Waals surface area (Å²) in [7, 11) is 3.50. The number of aldehydes is 1. The zero-order valence-electron chi connectivity index (χ0n) is 23.4. The van der Waals surface area contributed by atoms with Crippen molar-refractivity contribution in [1.29, 1.82) is 5.26 Å². The molecule has 0 aliphatic carbocycles. The smallest absolute Gasteiger partial charge is 0.258 e. The first-order valence-corrected chi connectivity index (χ1v) is 12.6. The van der Waals surface area contributed by atoms with E-state index in [9.17, 15) is 14.9 Å². The minimum absolute atomic E-state index is 0.118. The Bertz CT molecular complexity index is 1650. The van der Waals surface area contributed by atoms with Gasteiger partial charge in [0.05, 0.1) is 17.2 Å². The zero-order valence-corrected chi connectivity index (χ0v) is 23.4. The number of rotatable bonds is 6. The van der Waals surface area contributed by atoms with E-state index in [1.165, 1.54) is 13.1 Å². The third-order valence-corrected chi connectivity index (χ3v) is 6.26. The molecule has 0 saturated carbocycles. The van der Waals surface area contributed by atoms with Gasteiger partial charge >= 0.3 is 0 Å². The lowest BCUT2D eigenvalue weighted by molar-refractivity contribution is -0.106. The number of carbonyl (C=O) groups excluding carboxylic acids is 2. The van der Waals surface area contributed by atoms with E-state index in [1.807, 2.05) is 37.3 Å². The van der Waals surface area contributed by atoms with E-state index in [0.29, 0.717) is 28.3 Å². The molecule has 0 atom stereocenters. The van der Waals surface area contributed by atoms with E-state index in [2.05, 4.69) is 26.7 Å². The predicted octanol–water partition coefficient (Wildman–Crippen LogP) is 5.12. The molecule has 0 saturated heterocycles. The van der Waals surface area contributed by atoms with E-state index < -0.39 is 5.41 Å². The second kappa shape index (κ2) is 12.6. The summed E-state index contributed by atoms with van der Waals surface area (Å²) < 4.78 is 1.56. The van der Waals surface area contributed by atoms with Crippen LogP contribution < -0.4 is 16.2 Å². The molecule has 40 heavy (non-hydrogen) atoms. The van der Waals surface area contributed by atoms with Gasteiger partial charge in [0.15, 0.2) is 0 Å². The van der Waals surface area contributed by atoms with Gasteiger partial charge in [0.1, 0.15) is 12.1 Å². The van der Waals surface area contributed by atoms with E-state index in [4.69, 9.17) is 4.79 Å². The highest BCUT2D eigenvalue weighted by Crippen LogP contribution is 2.30. The molecule has 204 valence electrons. The molecule has 0 fully saturated rings. The maximum Gasteiger partial charge on any atom is 0.258 e. The maximum atomic E-state index is 13.0. The fourth-order valence-corrected chi connectivity index (χ4v) is 3.99. The highest BCUT2D eigenvalue weighted by Gasteiger charge is 2.22. The van der Waals surface area contributed by atoms with Crippen LogP contribution >= 0.6 is 0 Å². The van der Waals surface area contributed by atoms with Gasteiger partial charge in [-0.25, -0.2) is 4.98 Å². The van der Waals surface area contributed by atoms with E-state index in [1.54, 1.807) is 63.1 Å². The zero-order chi connectivity index (χ0) is 29.4. The van der Waals surface area contributed by atoms with Gasteiger partial charge < -0.3 is 20.0 Å². The summed E-state index contributed by atoms with van der Waals surface area (Å²) in [5.41, 5.74) is 4.67. The van der Waals surface area contributed by atoms with Gasteiger partial charge in [-0.3, -0.25) is 14.6 Å². The van der Waals surface area contributed by atoms with Crippen LogP contribution in [0.25, 0.3) is 22.3 Å². The third kappa shape index (κ3) is 6.66. The molecule has 3 aromatic heterocycles. The highest BCUT2D eigenvalue weighted by atomic mass is 16.1. The number of pyridine rings is 3. The molecule has 1 aromatic carbocycles. The Morgan fingerprint density at radius 1 is 1.02 bits per heavy atom. The summed E-state index contributed by atoms with van der Waals surface area (Å²) in [6.45, 7) is 6.95. The van der Waals surface area contributed by atoms with Gasteiger partial charge in [-0.05, 0) is 92.4 Å². The molecule has 0 bridgehead atoms. The number of nitrogens with one attached hydrogen (secondary N) is 2. The number of amides is 1. The number of aromatic nitrogens is 3. The van der Waals surface area contributed by atoms with E-state index in [0.717, 1.165) is 28.5 Å². The van der Waals surface area contributed by atoms with Gasteiger partial charge in [0.2, 0.25) is 0 Å². The van der Waals surface area contributed by atoms with Gasteiger partial charge in [-0.1, -0.05) is 6.07 Å². The summed E-state index contributed by atoms with van der Waals surface area (Å²) >= 11 is 0. The van der Waals surface area contributed by atoms with Crippen LogP contribution in [0.3, 0.4) is 0 Å². The Labute approximate surface area is 233 Å². The number of hydrogen-bond donors (Lipinski definition) is 2. The van der Waals surface area contributed by atoms with Crippen LogP contribution in [0.15, 0.2) is 71.9 Å². The van der Waals surface area contributed by atoms with Crippen LogP contribution in [0.1, 0.15) is 42.4 Å². The molecule has 4 rings (SSSR count). The van der Waals surface area contributed by atoms with Crippen LogP contribution in [-0.4, -0.2) is 33.8 Å². The number of anilines is 2. The Kier molecular flexibility index (Phi) is 9.30. The fraction of sp³-hybridized carbons (Fsp3) is 0.226. The molecule has 4 aromatic rings. The van der Waals surface area contributed by atoms with Crippen molar-refractivity contribution in [2.75, 3.05) is 17.7 Å². The first-order chi connectivity index (χ1) is 19.0. The van der Waals surface area contributed by atoms with Crippen LogP contribution in [0.4, 0.5) is 11.5 Å². The van der Waals surface area contributed by atoms with Crippen LogP contribution in [-0.2, 0) is 17.3 Å². The lowest BCUT2D eigenvalue weighted by Crippen LogP contribution is -2.19. The Morgan fingerprint density at radius 2 is 1.73 bits per heavy atom. The van der Waals surface area contributed by atoms with Crippen molar-refractivity contribution in [2.24, 2.45) is 7.05 Å². The first-order valence-electron chi connectivity index (χ1n) is 12.6. The van der Waals surface area contributed by atoms with Crippen molar-refractivity contribution in [1.82, 2.24) is 14.5 Å². The summed E-state index contributed by atoms with van der Waals surface area (Å²) in [6.07, 6.45) is 5.74. The van der Waals surface area contributed by atoms with Gasteiger partial charge in [-0.15, -0.1) is 0 Å².